The molecular formula is C16H15ClN2O4. The van der Waals surface area contributed by atoms with Gasteiger partial charge < -0.3 is 10.1 Å². The van der Waals surface area contributed by atoms with E-state index in [0.717, 1.165) is 5.56 Å². The van der Waals surface area contributed by atoms with Gasteiger partial charge >= 0.3 is 6.09 Å². The molecule has 0 aliphatic heterocycles. The van der Waals surface area contributed by atoms with Crippen LogP contribution < -0.4 is 5.32 Å². The van der Waals surface area contributed by atoms with E-state index in [-0.39, 0.29) is 17.3 Å². The number of hydrogen-bond donors (Lipinski definition) is 1. The monoisotopic (exact) mass is 334 g/mol. The van der Waals surface area contributed by atoms with Gasteiger partial charge in [-0.25, -0.2) is 4.79 Å². The van der Waals surface area contributed by atoms with Crippen LogP contribution in [0.3, 0.4) is 0 Å². The van der Waals surface area contributed by atoms with Crippen molar-refractivity contribution in [3.05, 3.63) is 74.8 Å². The van der Waals surface area contributed by atoms with Crippen LogP contribution in [0.4, 0.5) is 10.5 Å². The molecule has 1 N–H and O–H groups in total. The second kappa shape index (κ2) is 8.14. The van der Waals surface area contributed by atoms with Gasteiger partial charge in [-0.05, 0) is 23.6 Å². The third-order valence-corrected chi connectivity index (χ3v) is 3.42. The summed E-state index contributed by atoms with van der Waals surface area (Å²) in [7, 11) is 0. The average Bonchev–Trinajstić information content (AvgIpc) is 2.55. The minimum absolute atomic E-state index is 0.0916. The first-order valence-corrected chi connectivity index (χ1v) is 7.31. The zero-order valence-corrected chi connectivity index (χ0v) is 13.0. The highest BCUT2D eigenvalue weighted by Crippen LogP contribution is 2.25. The lowest BCUT2D eigenvalue weighted by molar-refractivity contribution is -0.384. The maximum atomic E-state index is 11.6. The zero-order chi connectivity index (χ0) is 16.7. The van der Waals surface area contributed by atoms with Gasteiger partial charge in [0.05, 0.1) is 4.92 Å². The first kappa shape index (κ1) is 16.8. The van der Waals surface area contributed by atoms with Crippen LogP contribution in [-0.4, -0.2) is 17.6 Å². The summed E-state index contributed by atoms with van der Waals surface area (Å²) in [6, 6.07) is 13.9. The van der Waals surface area contributed by atoms with Crippen LogP contribution in [0.1, 0.15) is 11.1 Å². The number of nitro benzene ring substituents is 1. The van der Waals surface area contributed by atoms with Gasteiger partial charge in [-0.1, -0.05) is 48.0 Å². The second-order valence-electron chi connectivity index (χ2n) is 4.78. The van der Waals surface area contributed by atoms with Crippen molar-refractivity contribution in [3.8, 4) is 0 Å². The lowest BCUT2D eigenvalue weighted by Crippen LogP contribution is -2.26. The lowest BCUT2D eigenvalue weighted by Gasteiger charge is -2.07. The van der Waals surface area contributed by atoms with Crippen LogP contribution in [0.15, 0.2) is 48.5 Å². The summed E-state index contributed by atoms with van der Waals surface area (Å²) in [6.45, 7) is 0.505. The van der Waals surface area contributed by atoms with Gasteiger partial charge in [-0.15, -0.1) is 0 Å². The van der Waals surface area contributed by atoms with Crippen LogP contribution in [0.25, 0.3) is 0 Å². The largest absolute Gasteiger partial charge is 0.445 e. The fourth-order valence-electron chi connectivity index (χ4n) is 1.94. The quantitative estimate of drug-likeness (QED) is 0.644. The Kier molecular flexibility index (Phi) is 5.94. The van der Waals surface area contributed by atoms with Crippen LogP contribution in [0, 0.1) is 10.1 Å². The minimum Gasteiger partial charge on any atom is -0.445 e. The zero-order valence-electron chi connectivity index (χ0n) is 12.2. The molecule has 2 aromatic rings. The van der Waals surface area contributed by atoms with E-state index in [4.69, 9.17) is 16.3 Å². The van der Waals surface area contributed by atoms with Gasteiger partial charge in [-0.2, -0.15) is 0 Å². The Morgan fingerprint density at radius 2 is 1.91 bits per heavy atom. The molecule has 0 aromatic heterocycles. The number of nitrogens with one attached hydrogen (secondary N) is 1. The molecule has 2 rings (SSSR count). The minimum atomic E-state index is -0.534. The third-order valence-electron chi connectivity index (χ3n) is 3.10. The SMILES string of the molecule is O=C(NCCc1ccc(Cl)c([N+](=O)[O-])c1)OCc1ccccc1. The van der Waals surface area contributed by atoms with Gasteiger partial charge in [0.25, 0.3) is 5.69 Å². The summed E-state index contributed by atoms with van der Waals surface area (Å²) in [5.41, 5.74) is 1.47. The Morgan fingerprint density at radius 1 is 1.17 bits per heavy atom. The van der Waals surface area contributed by atoms with Crippen molar-refractivity contribution < 1.29 is 14.5 Å². The number of ether oxygens (including phenoxy) is 1. The van der Waals surface area contributed by atoms with Gasteiger partial charge in [0.2, 0.25) is 0 Å². The van der Waals surface area contributed by atoms with Gasteiger partial charge in [0.1, 0.15) is 11.6 Å². The van der Waals surface area contributed by atoms with E-state index in [1.165, 1.54) is 12.1 Å². The van der Waals surface area contributed by atoms with Crippen LogP contribution in [0.2, 0.25) is 5.02 Å². The fraction of sp³-hybridized carbons (Fsp3) is 0.188. The molecule has 7 heteroatoms. The Bertz CT molecular complexity index is 692. The number of hydrogen-bond acceptors (Lipinski definition) is 4. The number of nitrogens with zero attached hydrogens (tertiary/aromatic N) is 1. The summed E-state index contributed by atoms with van der Waals surface area (Å²) in [5, 5.41) is 13.5. The smallest absolute Gasteiger partial charge is 0.407 e. The molecule has 0 fully saturated rings. The molecule has 0 saturated heterocycles. The number of benzene rings is 2. The first-order valence-electron chi connectivity index (χ1n) is 6.93. The summed E-state index contributed by atoms with van der Waals surface area (Å²) < 4.78 is 5.07. The molecule has 1 amide bonds. The van der Waals surface area contributed by atoms with Crippen molar-refractivity contribution in [2.75, 3.05) is 6.54 Å². The molecule has 6 nitrogen and oxygen atoms in total. The summed E-state index contributed by atoms with van der Waals surface area (Å²) >= 11 is 5.74. The van der Waals surface area contributed by atoms with Crippen LogP contribution in [-0.2, 0) is 17.8 Å². The number of amides is 1. The number of rotatable bonds is 6. The van der Waals surface area contributed by atoms with Crippen molar-refractivity contribution >= 4 is 23.4 Å². The highest BCUT2D eigenvalue weighted by Gasteiger charge is 2.12. The maximum absolute atomic E-state index is 11.6. The molecule has 0 spiro atoms. The molecule has 0 aliphatic carbocycles. The second-order valence-corrected chi connectivity index (χ2v) is 5.19. The molecule has 0 unspecified atom stereocenters. The van der Waals surface area contributed by atoms with Crippen molar-refractivity contribution in [3.63, 3.8) is 0 Å². The predicted molar refractivity (Wildman–Crippen MR) is 86.4 cm³/mol. The molecule has 2 aromatic carbocycles. The fourth-order valence-corrected chi connectivity index (χ4v) is 2.12. The molecule has 120 valence electrons. The van der Waals surface area contributed by atoms with E-state index in [1.54, 1.807) is 6.07 Å². The molecule has 0 heterocycles. The average molecular weight is 335 g/mol. The molecular weight excluding hydrogens is 320 g/mol. The first-order chi connectivity index (χ1) is 11.1. The highest BCUT2D eigenvalue weighted by molar-refractivity contribution is 6.32. The van der Waals surface area contributed by atoms with Gasteiger partial charge in [-0.3, -0.25) is 10.1 Å². The third kappa shape index (κ3) is 5.27. The van der Waals surface area contributed by atoms with Crippen molar-refractivity contribution in [1.82, 2.24) is 5.32 Å². The molecule has 0 saturated carbocycles. The van der Waals surface area contributed by atoms with E-state index in [2.05, 4.69) is 5.32 Å². The molecule has 0 bridgehead atoms. The number of carbonyl (C=O) groups excluding carboxylic acids is 1. The van der Waals surface area contributed by atoms with E-state index < -0.39 is 11.0 Å². The summed E-state index contributed by atoms with van der Waals surface area (Å²) in [4.78, 5) is 21.8. The number of carbonyl (C=O) groups is 1. The molecule has 0 radical (unpaired) electrons. The highest BCUT2D eigenvalue weighted by atomic mass is 35.5. The molecule has 0 atom stereocenters. The number of alkyl carbamates (subject to hydrolysis) is 1. The Hall–Kier alpha value is -2.60. The van der Waals surface area contributed by atoms with E-state index in [9.17, 15) is 14.9 Å². The normalized spacial score (nSPS) is 10.1. The number of nitro groups is 1. The van der Waals surface area contributed by atoms with Gasteiger partial charge in [0.15, 0.2) is 0 Å². The van der Waals surface area contributed by atoms with E-state index in [1.807, 2.05) is 30.3 Å². The topological polar surface area (TPSA) is 81.5 Å². The van der Waals surface area contributed by atoms with Crippen molar-refractivity contribution in [1.29, 1.82) is 0 Å². The Labute approximate surface area is 138 Å². The Balaban J connectivity index is 1.77. The lowest BCUT2D eigenvalue weighted by atomic mass is 10.1. The summed E-state index contributed by atoms with van der Waals surface area (Å²) in [6.07, 6.45) is -0.0874. The van der Waals surface area contributed by atoms with Crippen LogP contribution in [0.5, 0.6) is 0 Å². The van der Waals surface area contributed by atoms with Crippen molar-refractivity contribution in [2.24, 2.45) is 0 Å². The van der Waals surface area contributed by atoms with Gasteiger partial charge in [0, 0.05) is 12.6 Å². The number of halogens is 1. The Morgan fingerprint density at radius 3 is 2.61 bits per heavy atom. The van der Waals surface area contributed by atoms with Crippen molar-refractivity contribution in [2.45, 2.75) is 13.0 Å². The summed E-state index contributed by atoms with van der Waals surface area (Å²) in [5.74, 6) is 0. The molecule has 23 heavy (non-hydrogen) atoms. The van der Waals surface area contributed by atoms with Crippen LogP contribution >= 0.6 is 11.6 Å². The molecule has 0 aliphatic rings. The standard InChI is InChI=1S/C16H15ClN2O4/c17-14-7-6-12(10-15(14)19(21)22)8-9-18-16(20)23-11-13-4-2-1-3-5-13/h1-7,10H,8-9,11H2,(H,18,20). The maximum Gasteiger partial charge on any atom is 0.407 e. The van der Waals surface area contributed by atoms with E-state index >= 15 is 0 Å². The predicted octanol–water partition coefficient (Wildman–Crippen LogP) is 3.72. The van der Waals surface area contributed by atoms with E-state index in [0.29, 0.717) is 18.5 Å².